The van der Waals surface area contributed by atoms with E-state index in [-0.39, 0.29) is 5.91 Å². The van der Waals surface area contributed by atoms with Crippen LogP contribution in [0, 0.1) is 0 Å². The first-order chi connectivity index (χ1) is 18.0. The summed E-state index contributed by atoms with van der Waals surface area (Å²) in [7, 11) is 0. The number of furan rings is 1. The highest BCUT2D eigenvalue weighted by atomic mass is 35.5. The molecule has 2 aromatic heterocycles. The second-order valence-corrected chi connectivity index (χ2v) is 10.2. The molecular weight excluding hydrogens is 529 g/mol. The summed E-state index contributed by atoms with van der Waals surface area (Å²) in [6.45, 7) is 3.66. The highest BCUT2D eigenvalue weighted by Crippen LogP contribution is 2.29. The number of hydrogen-bond acceptors (Lipinski definition) is 7. The molecule has 190 valence electrons. The van der Waals surface area contributed by atoms with Crippen LogP contribution in [0.5, 0.6) is 0 Å². The molecule has 1 aliphatic heterocycles. The monoisotopic (exact) mass is 553 g/mol. The quantitative estimate of drug-likeness (QED) is 0.165. The molecule has 1 amide bonds. The van der Waals surface area contributed by atoms with Crippen LogP contribution < -0.4 is 15.1 Å². The highest BCUT2D eigenvalue weighted by molar-refractivity contribution is 7.98. The van der Waals surface area contributed by atoms with E-state index in [0.29, 0.717) is 33.9 Å². The first-order valence-corrected chi connectivity index (χ1v) is 13.6. The van der Waals surface area contributed by atoms with E-state index < -0.39 is 0 Å². The zero-order chi connectivity index (χ0) is 25.6. The molecule has 0 saturated carbocycles. The van der Waals surface area contributed by atoms with Gasteiger partial charge in [-0.15, -0.1) is 0 Å². The molecule has 1 saturated heterocycles. The van der Waals surface area contributed by atoms with Crippen molar-refractivity contribution in [2.75, 3.05) is 36.0 Å². The molecule has 7 nitrogen and oxygen atoms in total. The molecule has 0 spiro atoms. The minimum atomic E-state index is -0.145. The molecule has 0 radical (unpaired) electrons. The second kappa shape index (κ2) is 11.9. The molecule has 1 fully saturated rings. The number of para-hydroxylation sites is 1. The van der Waals surface area contributed by atoms with Crippen LogP contribution in [0.2, 0.25) is 10.2 Å². The van der Waals surface area contributed by atoms with Crippen molar-refractivity contribution in [2.24, 2.45) is 0 Å². The van der Waals surface area contributed by atoms with E-state index >= 15 is 0 Å². The molecule has 10 heteroatoms. The van der Waals surface area contributed by atoms with Crippen LogP contribution >= 0.6 is 35.0 Å². The molecule has 0 unspecified atom stereocenters. The van der Waals surface area contributed by atoms with Crippen molar-refractivity contribution in [3.63, 3.8) is 0 Å². The Kier molecular flexibility index (Phi) is 8.18. The predicted octanol–water partition coefficient (Wildman–Crippen LogP) is 5.93. The second-order valence-electron chi connectivity index (χ2n) is 8.50. The normalized spacial score (nSPS) is 13.6. The topological polar surface area (TPSA) is 74.5 Å². The lowest BCUT2D eigenvalue weighted by Crippen LogP contribution is -2.47. The number of nitrogens with one attached hydrogen (secondary N) is 1. The Hall–Kier alpha value is -3.20. The van der Waals surface area contributed by atoms with E-state index in [9.17, 15) is 4.79 Å². The van der Waals surface area contributed by atoms with Crippen molar-refractivity contribution in [3.05, 3.63) is 100 Å². The highest BCUT2D eigenvalue weighted by Gasteiger charge is 2.21. The largest absolute Gasteiger partial charge is 0.467 e. The van der Waals surface area contributed by atoms with Crippen LogP contribution in [0.15, 0.2) is 82.6 Å². The first-order valence-electron chi connectivity index (χ1n) is 11.9. The zero-order valence-corrected chi connectivity index (χ0v) is 22.3. The Bertz CT molecular complexity index is 1340. The number of rotatable bonds is 8. The summed E-state index contributed by atoms with van der Waals surface area (Å²) < 4.78 is 5.25. The fraction of sp³-hybridized carbons (Fsp3) is 0.222. The third-order valence-corrected chi connectivity index (χ3v) is 7.48. The van der Waals surface area contributed by atoms with Gasteiger partial charge < -0.3 is 19.5 Å². The van der Waals surface area contributed by atoms with Crippen LogP contribution in [-0.2, 0) is 12.3 Å². The summed E-state index contributed by atoms with van der Waals surface area (Å²) >= 11 is 14.2. The number of piperazine rings is 1. The van der Waals surface area contributed by atoms with Gasteiger partial charge in [-0.1, -0.05) is 59.2 Å². The maximum absolute atomic E-state index is 12.4. The Morgan fingerprint density at radius 3 is 2.43 bits per heavy atom. The number of halogens is 2. The van der Waals surface area contributed by atoms with Gasteiger partial charge in [0.1, 0.15) is 16.7 Å². The van der Waals surface area contributed by atoms with E-state index in [0.717, 1.165) is 48.3 Å². The van der Waals surface area contributed by atoms with Gasteiger partial charge in [0.15, 0.2) is 5.16 Å². The number of hydrogen-bond donors (Lipinski definition) is 1. The van der Waals surface area contributed by atoms with Crippen molar-refractivity contribution < 1.29 is 9.21 Å². The fourth-order valence-corrected chi connectivity index (χ4v) is 5.37. The number of carbonyl (C=O) groups is 1. The minimum Gasteiger partial charge on any atom is -0.467 e. The van der Waals surface area contributed by atoms with E-state index in [2.05, 4.69) is 20.1 Å². The van der Waals surface area contributed by atoms with Crippen molar-refractivity contribution in [1.29, 1.82) is 0 Å². The van der Waals surface area contributed by atoms with Gasteiger partial charge in [-0.25, -0.2) is 9.97 Å². The molecule has 1 N–H and O–H groups in total. The maximum Gasteiger partial charge on any atom is 0.251 e. The summed E-state index contributed by atoms with van der Waals surface area (Å²) in [4.78, 5) is 26.0. The van der Waals surface area contributed by atoms with Crippen LogP contribution in [-0.4, -0.2) is 42.1 Å². The standard InChI is InChI=1S/C27H25Cl2N5O2S/c28-22-5-1-2-6-23(22)33-11-13-34(14-12-33)25-16-24(29)31-27(32-25)37-18-19-7-9-20(10-8-19)26(35)30-17-21-4-3-15-36-21/h1-10,15-16H,11-14,17-18H2,(H,30,35). The van der Waals surface area contributed by atoms with Crippen molar-refractivity contribution in [1.82, 2.24) is 15.3 Å². The summed E-state index contributed by atoms with van der Waals surface area (Å²) in [5.74, 6) is 2.05. The lowest BCUT2D eigenvalue weighted by atomic mass is 10.1. The van der Waals surface area contributed by atoms with Gasteiger partial charge >= 0.3 is 0 Å². The predicted molar refractivity (Wildman–Crippen MR) is 149 cm³/mol. The molecule has 0 atom stereocenters. The number of thioether (sulfide) groups is 1. The van der Waals surface area contributed by atoms with Crippen molar-refractivity contribution in [2.45, 2.75) is 17.5 Å². The molecule has 0 bridgehead atoms. The number of benzene rings is 2. The summed E-state index contributed by atoms with van der Waals surface area (Å²) in [5, 5.41) is 4.66. The van der Waals surface area contributed by atoms with Crippen LogP contribution in [0.3, 0.4) is 0 Å². The lowest BCUT2D eigenvalue weighted by molar-refractivity contribution is 0.0948. The zero-order valence-electron chi connectivity index (χ0n) is 19.9. The van der Waals surface area contributed by atoms with Gasteiger partial charge in [-0.2, -0.15) is 0 Å². The third-order valence-electron chi connectivity index (χ3n) is 6.04. The van der Waals surface area contributed by atoms with Gasteiger partial charge in [0.2, 0.25) is 0 Å². The number of anilines is 2. The summed E-state index contributed by atoms with van der Waals surface area (Å²) in [5.41, 5.74) is 2.71. The van der Waals surface area contributed by atoms with E-state index in [1.54, 1.807) is 12.3 Å². The van der Waals surface area contributed by atoms with Crippen LogP contribution in [0.1, 0.15) is 21.7 Å². The lowest BCUT2D eigenvalue weighted by Gasteiger charge is -2.37. The minimum absolute atomic E-state index is 0.145. The Balaban J connectivity index is 1.16. The smallest absolute Gasteiger partial charge is 0.251 e. The van der Waals surface area contributed by atoms with Gasteiger partial charge in [0, 0.05) is 43.6 Å². The Morgan fingerprint density at radius 2 is 1.70 bits per heavy atom. The van der Waals surface area contributed by atoms with Gasteiger partial charge in [0.05, 0.1) is 23.5 Å². The average molecular weight is 555 g/mol. The Labute approximate surface area is 229 Å². The Morgan fingerprint density at radius 1 is 0.946 bits per heavy atom. The van der Waals surface area contributed by atoms with E-state index in [1.807, 2.05) is 60.7 Å². The molecule has 0 aliphatic carbocycles. The molecular formula is C27H25Cl2N5O2S. The summed E-state index contributed by atoms with van der Waals surface area (Å²) in [6.07, 6.45) is 1.59. The van der Waals surface area contributed by atoms with Gasteiger partial charge in [-0.3, -0.25) is 4.79 Å². The molecule has 1 aliphatic rings. The average Bonchev–Trinajstić information content (AvgIpc) is 3.45. The van der Waals surface area contributed by atoms with Gasteiger partial charge in [-0.05, 0) is 42.0 Å². The van der Waals surface area contributed by atoms with E-state index in [1.165, 1.54) is 11.8 Å². The summed E-state index contributed by atoms with van der Waals surface area (Å²) in [6, 6.07) is 20.9. The molecule has 2 aromatic carbocycles. The molecule has 37 heavy (non-hydrogen) atoms. The third kappa shape index (κ3) is 6.57. The SMILES string of the molecule is O=C(NCc1ccco1)c1ccc(CSc2nc(Cl)cc(N3CCN(c4ccccc4Cl)CC3)n2)cc1. The number of carbonyl (C=O) groups excluding carboxylic acids is 1. The van der Waals surface area contributed by atoms with Crippen molar-refractivity contribution >= 4 is 52.4 Å². The van der Waals surface area contributed by atoms with E-state index in [4.69, 9.17) is 32.6 Å². The van der Waals surface area contributed by atoms with Crippen LogP contribution in [0.25, 0.3) is 0 Å². The number of nitrogens with zero attached hydrogens (tertiary/aromatic N) is 4. The van der Waals surface area contributed by atoms with Crippen LogP contribution in [0.4, 0.5) is 11.5 Å². The first kappa shape index (κ1) is 25.4. The molecule has 3 heterocycles. The number of aromatic nitrogens is 2. The maximum atomic E-state index is 12.4. The number of amides is 1. The molecule has 4 aromatic rings. The van der Waals surface area contributed by atoms with Gasteiger partial charge in [0.25, 0.3) is 5.91 Å². The van der Waals surface area contributed by atoms with Crippen molar-refractivity contribution in [3.8, 4) is 0 Å². The fourth-order valence-electron chi connectivity index (χ4n) is 4.08. The molecule has 5 rings (SSSR count).